The first-order valence-electron chi connectivity index (χ1n) is 5.55. The Morgan fingerprint density at radius 2 is 1.89 bits per heavy atom. The van der Waals surface area contributed by atoms with Gasteiger partial charge in [-0.3, -0.25) is 9.59 Å². The predicted molar refractivity (Wildman–Crippen MR) is 72.3 cm³/mol. The van der Waals surface area contributed by atoms with Crippen LogP contribution in [0.5, 0.6) is 0 Å². The highest BCUT2D eigenvalue weighted by Gasteiger charge is 2.21. The predicted octanol–water partition coefficient (Wildman–Crippen LogP) is 1.33. The van der Waals surface area contributed by atoms with Gasteiger partial charge in [-0.15, -0.1) is 10.2 Å². The number of halogens is 2. The van der Waals surface area contributed by atoms with Crippen LogP contribution in [-0.4, -0.2) is 59.0 Å². The van der Waals surface area contributed by atoms with Gasteiger partial charge in [0.25, 0.3) is 5.91 Å². The molecule has 19 heavy (non-hydrogen) atoms. The number of amides is 2. The summed E-state index contributed by atoms with van der Waals surface area (Å²) >= 11 is 11.5. The van der Waals surface area contributed by atoms with E-state index in [4.69, 9.17) is 23.2 Å². The summed E-state index contributed by atoms with van der Waals surface area (Å²) in [6.07, 6.45) is 0. The summed E-state index contributed by atoms with van der Waals surface area (Å²) in [6, 6.07) is 1.34. The Morgan fingerprint density at radius 3 is 2.42 bits per heavy atom. The molecular weight excluding hydrogens is 291 g/mol. The molecule has 0 bridgehead atoms. The second-order valence-corrected chi connectivity index (χ2v) is 4.72. The second kappa shape index (κ2) is 6.68. The Hall–Kier alpha value is -1.40. The zero-order valence-electron chi connectivity index (χ0n) is 10.9. The van der Waals surface area contributed by atoms with Gasteiger partial charge >= 0.3 is 0 Å². The van der Waals surface area contributed by atoms with Crippen molar-refractivity contribution < 1.29 is 9.59 Å². The molecule has 1 rings (SSSR count). The zero-order valence-corrected chi connectivity index (χ0v) is 12.4. The average Bonchev–Trinajstić information content (AvgIpc) is 2.37. The molecule has 0 saturated carbocycles. The van der Waals surface area contributed by atoms with E-state index in [-0.39, 0.29) is 28.3 Å². The first kappa shape index (κ1) is 15.7. The number of likely N-dealkylation sites (N-methyl/N-ethyl adjacent to an activating group) is 2. The van der Waals surface area contributed by atoms with Crippen LogP contribution in [0.2, 0.25) is 10.3 Å². The third-order valence-corrected chi connectivity index (χ3v) is 2.91. The quantitative estimate of drug-likeness (QED) is 0.842. The van der Waals surface area contributed by atoms with E-state index in [1.807, 2.05) is 0 Å². The highest BCUT2D eigenvalue weighted by atomic mass is 35.5. The minimum absolute atomic E-state index is 0.0292. The lowest BCUT2D eigenvalue weighted by atomic mass is 10.2. The molecule has 104 valence electrons. The van der Waals surface area contributed by atoms with Gasteiger partial charge in [0, 0.05) is 20.6 Å². The molecule has 0 atom stereocenters. The maximum atomic E-state index is 12.3. The van der Waals surface area contributed by atoms with Crippen LogP contribution in [-0.2, 0) is 4.79 Å². The van der Waals surface area contributed by atoms with E-state index in [1.54, 1.807) is 21.0 Å². The molecule has 1 aromatic heterocycles. The zero-order chi connectivity index (χ0) is 14.6. The van der Waals surface area contributed by atoms with Gasteiger partial charge in [0.2, 0.25) is 5.91 Å². The molecule has 0 radical (unpaired) electrons. The van der Waals surface area contributed by atoms with Crippen LogP contribution in [0.3, 0.4) is 0 Å². The van der Waals surface area contributed by atoms with E-state index < -0.39 is 5.91 Å². The summed E-state index contributed by atoms with van der Waals surface area (Å²) in [5.74, 6) is -0.584. The number of carbonyl (C=O) groups excluding carboxylic acids is 2. The monoisotopic (exact) mass is 304 g/mol. The van der Waals surface area contributed by atoms with Gasteiger partial charge in [-0.2, -0.15) is 0 Å². The molecule has 0 fully saturated rings. The largest absolute Gasteiger partial charge is 0.347 e. The van der Waals surface area contributed by atoms with Gasteiger partial charge in [-0.05, 0) is 13.0 Å². The highest BCUT2D eigenvalue weighted by molar-refractivity contribution is 6.34. The van der Waals surface area contributed by atoms with Gasteiger partial charge in [-0.25, -0.2) is 0 Å². The Kier molecular flexibility index (Phi) is 5.50. The smallest absolute Gasteiger partial charge is 0.257 e. The van der Waals surface area contributed by atoms with Gasteiger partial charge < -0.3 is 9.80 Å². The molecule has 0 aliphatic rings. The second-order valence-electron chi connectivity index (χ2n) is 3.98. The number of carbonyl (C=O) groups is 2. The van der Waals surface area contributed by atoms with Crippen LogP contribution >= 0.6 is 23.2 Å². The van der Waals surface area contributed by atoms with Gasteiger partial charge in [0.05, 0.1) is 12.1 Å². The third-order valence-electron chi connectivity index (χ3n) is 2.44. The van der Waals surface area contributed by atoms with Crippen molar-refractivity contribution in [3.8, 4) is 0 Å². The van der Waals surface area contributed by atoms with E-state index in [0.29, 0.717) is 6.54 Å². The fourth-order valence-electron chi connectivity index (χ4n) is 1.31. The Bertz CT molecular complexity index is 494. The van der Waals surface area contributed by atoms with Crippen molar-refractivity contribution in [2.24, 2.45) is 0 Å². The van der Waals surface area contributed by atoms with Crippen molar-refractivity contribution in [1.82, 2.24) is 20.0 Å². The lowest BCUT2D eigenvalue weighted by Gasteiger charge is -2.22. The molecule has 0 saturated heterocycles. The standard InChI is InChI=1S/C11H14Cl2N4O2/c1-4-17(6-9(18)16(2)3)11(19)7-5-8(12)14-15-10(7)13/h5H,4,6H2,1-3H3. The Balaban J connectivity index is 2.95. The molecule has 2 amide bonds. The van der Waals surface area contributed by atoms with Crippen LogP contribution in [0.15, 0.2) is 6.07 Å². The van der Waals surface area contributed by atoms with Crippen LogP contribution < -0.4 is 0 Å². The average molecular weight is 305 g/mol. The molecule has 0 aliphatic carbocycles. The van der Waals surface area contributed by atoms with E-state index in [0.717, 1.165) is 0 Å². The summed E-state index contributed by atoms with van der Waals surface area (Å²) in [6.45, 7) is 2.11. The van der Waals surface area contributed by atoms with Crippen molar-refractivity contribution in [2.45, 2.75) is 6.92 Å². The summed E-state index contributed by atoms with van der Waals surface area (Å²) in [5, 5.41) is 7.14. The van der Waals surface area contributed by atoms with Gasteiger partial charge in [0.1, 0.15) is 0 Å². The molecule has 0 aliphatic heterocycles. The summed E-state index contributed by atoms with van der Waals surface area (Å²) in [5.41, 5.74) is 0.134. The number of hydrogen-bond acceptors (Lipinski definition) is 4. The van der Waals surface area contributed by atoms with Crippen LogP contribution in [0.25, 0.3) is 0 Å². The molecule has 1 aromatic rings. The minimum atomic E-state index is -0.403. The van der Waals surface area contributed by atoms with Gasteiger partial charge in [0.15, 0.2) is 10.3 Å². The SMILES string of the molecule is CCN(CC(=O)N(C)C)C(=O)c1cc(Cl)nnc1Cl. The minimum Gasteiger partial charge on any atom is -0.347 e. The van der Waals surface area contributed by atoms with Crippen LogP contribution in [0.4, 0.5) is 0 Å². The van der Waals surface area contributed by atoms with E-state index in [9.17, 15) is 9.59 Å². The molecule has 0 aromatic carbocycles. The highest BCUT2D eigenvalue weighted by Crippen LogP contribution is 2.17. The molecule has 6 nitrogen and oxygen atoms in total. The number of nitrogens with zero attached hydrogens (tertiary/aromatic N) is 4. The molecule has 0 N–H and O–H groups in total. The van der Waals surface area contributed by atoms with E-state index in [2.05, 4.69) is 10.2 Å². The number of rotatable bonds is 4. The maximum Gasteiger partial charge on any atom is 0.257 e. The van der Waals surface area contributed by atoms with Crippen molar-refractivity contribution in [1.29, 1.82) is 0 Å². The summed E-state index contributed by atoms with van der Waals surface area (Å²) < 4.78 is 0. The summed E-state index contributed by atoms with van der Waals surface area (Å²) in [7, 11) is 3.25. The molecule has 1 heterocycles. The van der Waals surface area contributed by atoms with Crippen LogP contribution in [0.1, 0.15) is 17.3 Å². The normalized spacial score (nSPS) is 10.2. The van der Waals surface area contributed by atoms with Crippen molar-refractivity contribution in [3.63, 3.8) is 0 Å². The van der Waals surface area contributed by atoms with Crippen molar-refractivity contribution >= 4 is 35.0 Å². The van der Waals surface area contributed by atoms with Crippen molar-refractivity contribution in [2.75, 3.05) is 27.2 Å². The fraction of sp³-hybridized carbons (Fsp3) is 0.455. The fourth-order valence-corrected chi connectivity index (χ4v) is 1.63. The van der Waals surface area contributed by atoms with E-state index in [1.165, 1.54) is 15.9 Å². The Labute approximate surface area is 121 Å². The Morgan fingerprint density at radius 1 is 1.26 bits per heavy atom. The molecule has 0 unspecified atom stereocenters. The maximum absolute atomic E-state index is 12.3. The van der Waals surface area contributed by atoms with E-state index >= 15 is 0 Å². The number of hydrogen-bond donors (Lipinski definition) is 0. The molecular formula is C11H14Cl2N4O2. The van der Waals surface area contributed by atoms with Crippen LogP contribution in [0, 0.1) is 0 Å². The first-order chi connectivity index (χ1) is 8.86. The molecule has 8 heteroatoms. The van der Waals surface area contributed by atoms with Crippen molar-refractivity contribution in [3.05, 3.63) is 21.9 Å². The lowest BCUT2D eigenvalue weighted by molar-refractivity contribution is -0.129. The topological polar surface area (TPSA) is 66.4 Å². The first-order valence-corrected chi connectivity index (χ1v) is 6.30. The number of aromatic nitrogens is 2. The lowest BCUT2D eigenvalue weighted by Crippen LogP contribution is -2.40. The summed E-state index contributed by atoms with van der Waals surface area (Å²) in [4.78, 5) is 26.7. The van der Waals surface area contributed by atoms with Gasteiger partial charge in [-0.1, -0.05) is 23.2 Å². The molecule has 0 spiro atoms. The third kappa shape index (κ3) is 4.04.